The van der Waals surface area contributed by atoms with Crippen molar-refractivity contribution in [2.24, 2.45) is 0 Å². The molecule has 0 atom stereocenters. The van der Waals surface area contributed by atoms with Crippen LogP contribution in [0.1, 0.15) is 35.5 Å². The molecule has 0 bridgehead atoms. The van der Waals surface area contributed by atoms with Gasteiger partial charge in [-0.05, 0) is 61.9 Å². The number of ether oxygens (including phenoxy) is 2. The summed E-state index contributed by atoms with van der Waals surface area (Å²) >= 11 is 1.32. The molecule has 6 nitrogen and oxygen atoms in total. The maximum Gasteiger partial charge on any atom is 0.416 e. The summed E-state index contributed by atoms with van der Waals surface area (Å²) in [6.07, 6.45) is -2.73. The predicted octanol–water partition coefficient (Wildman–Crippen LogP) is 7.83. The lowest BCUT2D eigenvalue weighted by Gasteiger charge is -2.18. The number of aromatic amines is 1. The minimum Gasteiger partial charge on any atom is -0.488 e. The van der Waals surface area contributed by atoms with E-state index in [4.69, 9.17) is 9.47 Å². The molecule has 3 aromatic carbocycles. The number of carbonyl (C=O) groups is 1. The van der Waals surface area contributed by atoms with Gasteiger partial charge in [0.1, 0.15) is 29.7 Å². The molecule has 5 aromatic rings. The molecular formula is C30H25F3N2O4S. The van der Waals surface area contributed by atoms with Crippen molar-refractivity contribution >= 4 is 28.2 Å². The van der Waals surface area contributed by atoms with Crippen LogP contribution in [0.5, 0.6) is 11.5 Å². The number of H-pyrrole nitrogens is 1. The predicted molar refractivity (Wildman–Crippen MR) is 147 cm³/mol. The molecule has 5 rings (SSSR count). The molecule has 2 N–H and O–H groups in total. The van der Waals surface area contributed by atoms with Gasteiger partial charge in [-0.15, -0.1) is 11.3 Å². The van der Waals surface area contributed by atoms with Gasteiger partial charge in [0.25, 0.3) is 0 Å². The Morgan fingerprint density at radius 3 is 2.33 bits per heavy atom. The second-order valence-electron chi connectivity index (χ2n) is 9.69. The molecule has 0 saturated carbocycles. The van der Waals surface area contributed by atoms with Gasteiger partial charge in [0, 0.05) is 22.7 Å². The standard InChI is InChI=1S/C30H25F3N2O4S/c1-29(2,28(36)37)23-15-34-24-13-12-21(14-22(23)24)39-17-26-25(16-38-20-6-4-3-5-7-20)35-27(40-26)18-8-10-19(11-9-18)30(31,32)33/h3-15,34H,16-17H2,1-2H3,(H,36,37). The van der Waals surface area contributed by atoms with Crippen molar-refractivity contribution in [2.75, 3.05) is 0 Å². The molecule has 0 saturated heterocycles. The molecular weight excluding hydrogens is 541 g/mol. The van der Waals surface area contributed by atoms with Crippen LogP contribution in [0.2, 0.25) is 0 Å². The second-order valence-corrected chi connectivity index (χ2v) is 10.8. The molecule has 40 heavy (non-hydrogen) atoms. The maximum atomic E-state index is 13.0. The van der Waals surface area contributed by atoms with Gasteiger partial charge in [0.15, 0.2) is 0 Å². The third-order valence-electron chi connectivity index (χ3n) is 6.59. The van der Waals surface area contributed by atoms with E-state index < -0.39 is 23.1 Å². The van der Waals surface area contributed by atoms with Crippen molar-refractivity contribution in [3.8, 4) is 22.1 Å². The van der Waals surface area contributed by atoms with E-state index in [2.05, 4.69) is 9.97 Å². The molecule has 2 heterocycles. The highest BCUT2D eigenvalue weighted by Gasteiger charge is 2.32. The van der Waals surface area contributed by atoms with E-state index in [0.29, 0.717) is 33.3 Å². The number of para-hydroxylation sites is 1. The number of aliphatic carboxylic acids is 1. The van der Waals surface area contributed by atoms with Crippen LogP contribution in [0.3, 0.4) is 0 Å². The molecule has 0 amide bonds. The maximum absolute atomic E-state index is 13.0. The molecule has 206 valence electrons. The van der Waals surface area contributed by atoms with Crippen molar-refractivity contribution in [2.45, 2.75) is 38.7 Å². The van der Waals surface area contributed by atoms with Crippen molar-refractivity contribution in [1.29, 1.82) is 0 Å². The van der Waals surface area contributed by atoms with Gasteiger partial charge >= 0.3 is 12.1 Å². The highest BCUT2D eigenvalue weighted by atomic mass is 32.1. The van der Waals surface area contributed by atoms with Crippen molar-refractivity contribution < 1.29 is 32.5 Å². The average Bonchev–Trinajstić information content (AvgIpc) is 3.55. The molecule has 0 unspecified atom stereocenters. The Morgan fingerprint density at radius 2 is 1.65 bits per heavy atom. The first-order chi connectivity index (χ1) is 19.0. The Labute approximate surface area is 232 Å². The largest absolute Gasteiger partial charge is 0.488 e. The van der Waals surface area contributed by atoms with Gasteiger partial charge in [-0.2, -0.15) is 13.2 Å². The summed E-state index contributed by atoms with van der Waals surface area (Å²) < 4.78 is 51.1. The van der Waals surface area contributed by atoms with Gasteiger partial charge in [0.2, 0.25) is 0 Å². The zero-order chi connectivity index (χ0) is 28.5. The number of fused-ring (bicyclic) bond motifs is 1. The lowest BCUT2D eigenvalue weighted by molar-refractivity contribution is -0.142. The smallest absolute Gasteiger partial charge is 0.416 e. The number of nitrogens with zero attached hydrogens (tertiary/aromatic N) is 1. The van der Waals surface area contributed by atoms with Gasteiger partial charge in [-0.3, -0.25) is 4.79 Å². The Kier molecular flexibility index (Phi) is 7.29. The van der Waals surface area contributed by atoms with Crippen LogP contribution in [-0.4, -0.2) is 21.0 Å². The Balaban J connectivity index is 1.42. The van der Waals surface area contributed by atoms with Crippen LogP contribution in [0.25, 0.3) is 21.5 Å². The summed E-state index contributed by atoms with van der Waals surface area (Å²) in [5.41, 5.74) is 0.761. The molecule has 10 heteroatoms. The first-order valence-electron chi connectivity index (χ1n) is 12.3. The third-order valence-corrected chi connectivity index (χ3v) is 7.71. The third kappa shape index (κ3) is 5.67. The quantitative estimate of drug-likeness (QED) is 0.190. The number of rotatable bonds is 9. The first-order valence-corrected chi connectivity index (χ1v) is 13.2. The summed E-state index contributed by atoms with van der Waals surface area (Å²) in [4.78, 5) is 20.4. The first kappa shape index (κ1) is 27.3. The second kappa shape index (κ2) is 10.7. The van der Waals surface area contributed by atoms with E-state index in [1.807, 2.05) is 36.4 Å². The summed E-state index contributed by atoms with van der Waals surface area (Å²) in [5.74, 6) is 0.252. The zero-order valence-electron chi connectivity index (χ0n) is 21.6. The van der Waals surface area contributed by atoms with Crippen LogP contribution in [-0.2, 0) is 29.6 Å². The van der Waals surface area contributed by atoms with Gasteiger partial charge < -0.3 is 19.6 Å². The molecule has 0 fully saturated rings. The fourth-order valence-corrected chi connectivity index (χ4v) is 5.16. The number of hydrogen-bond acceptors (Lipinski definition) is 5. The van der Waals surface area contributed by atoms with E-state index in [0.717, 1.165) is 27.9 Å². The number of benzene rings is 3. The summed E-state index contributed by atoms with van der Waals surface area (Å²) in [7, 11) is 0. The lowest BCUT2D eigenvalue weighted by atomic mass is 9.84. The van der Waals surface area contributed by atoms with E-state index in [1.165, 1.54) is 23.5 Å². The van der Waals surface area contributed by atoms with Crippen LogP contribution in [0.4, 0.5) is 13.2 Å². The number of carboxylic acid groups (broad SMARTS) is 1. The van der Waals surface area contributed by atoms with Gasteiger partial charge in [-0.25, -0.2) is 4.98 Å². The normalized spacial score (nSPS) is 12.0. The molecule has 0 spiro atoms. The van der Waals surface area contributed by atoms with Crippen LogP contribution in [0, 0.1) is 0 Å². The summed E-state index contributed by atoms with van der Waals surface area (Å²) in [6, 6.07) is 19.5. The van der Waals surface area contributed by atoms with Crippen molar-refractivity contribution in [3.63, 3.8) is 0 Å². The Bertz CT molecular complexity index is 1640. The SMILES string of the molecule is CC(C)(C(=O)O)c1c[nH]c2ccc(OCc3sc(-c4ccc(C(F)(F)F)cc4)nc3COc3ccccc3)cc12. The number of carboxylic acids is 1. The molecule has 0 aliphatic rings. The minimum atomic E-state index is -4.42. The number of alkyl halides is 3. The Morgan fingerprint density at radius 1 is 0.950 bits per heavy atom. The molecule has 0 aliphatic carbocycles. The van der Waals surface area contributed by atoms with Crippen LogP contribution >= 0.6 is 11.3 Å². The zero-order valence-corrected chi connectivity index (χ0v) is 22.4. The minimum absolute atomic E-state index is 0.138. The number of thiazole rings is 1. The number of nitrogens with one attached hydrogen (secondary N) is 1. The lowest BCUT2D eigenvalue weighted by Crippen LogP contribution is -2.28. The number of hydrogen-bond donors (Lipinski definition) is 2. The molecule has 2 aromatic heterocycles. The highest BCUT2D eigenvalue weighted by Crippen LogP contribution is 2.35. The van der Waals surface area contributed by atoms with Crippen LogP contribution in [0.15, 0.2) is 79.0 Å². The van der Waals surface area contributed by atoms with Crippen LogP contribution < -0.4 is 9.47 Å². The van der Waals surface area contributed by atoms with E-state index in [9.17, 15) is 23.1 Å². The summed E-state index contributed by atoms with van der Waals surface area (Å²) in [6.45, 7) is 3.57. The van der Waals surface area contributed by atoms with E-state index in [1.54, 1.807) is 32.2 Å². The summed E-state index contributed by atoms with van der Waals surface area (Å²) in [5, 5.41) is 11.0. The van der Waals surface area contributed by atoms with E-state index >= 15 is 0 Å². The fraction of sp³-hybridized carbons (Fsp3) is 0.200. The fourth-order valence-electron chi connectivity index (χ4n) is 4.17. The topological polar surface area (TPSA) is 84.4 Å². The monoisotopic (exact) mass is 566 g/mol. The highest BCUT2D eigenvalue weighted by molar-refractivity contribution is 7.15. The Hall–Kier alpha value is -4.31. The average molecular weight is 567 g/mol. The van der Waals surface area contributed by atoms with E-state index in [-0.39, 0.29) is 13.2 Å². The van der Waals surface area contributed by atoms with Gasteiger partial charge in [0.05, 0.1) is 21.5 Å². The number of halogens is 3. The number of aromatic nitrogens is 2. The molecule has 0 radical (unpaired) electrons. The van der Waals surface area contributed by atoms with Crippen molar-refractivity contribution in [3.05, 3.63) is 101 Å². The van der Waals surface area contributed by atoms with Crippen molar-refractivity contribution in [1.82, 2.24) is 9.97 Å². The molecule has 0 aliphatic heterocycles. The van der Waals surface area contributed by atoms with Gasteiger partial charge in [-0.1, -0.05) is 30.3 Å².